The number of hydrogen-bond acceptors (Lipinski definition) is 3. The lowest BCUT2D eigenvalue weighted by Gasteiger charge is -2.05. The van der Waals surface area contributed by atoms with Crippen LogP contribution in [0.2, 0.25) is 5.02 Å². The lowest BCUT2D eigenvalue weighted by Crippen LogP contribution is -2.13. The Labute approximate surface area is 116 Å². The predicted octanol–water partition coefficient (Wildman–Crippen LogP) is 3.44. The number of nitrogens with one attached hydrogen (secondary N) is 1. The van der Waals surface area contributed by atoms with E-state index < -0.39 is 5.82 Å². The average Bonchev–Trinajstić information content (AvgIpc) is 2.95. The first-order chi connectivity index (χ1) is 9.15. The molecule has 0 radical (unpaired) electrons. The molecule has 3 rings (SSSR count). The zero-order valence-electron chi connectivity index (χ0n) is 9.43. The topological polar surface area (TPSA) is 46.4 Å². The molecule has 0 bridgehead atoms. The summed E-state index contributed by atoms with van der Waals surface area (Å²) in [6, 6.07) is 4.03. The molecule has 0 spiro atoms. The average molecular weight is 296 g/mol. The van der Waals surface area contributed by atoms with Crippen LogP contribution < -0.4 is 5.32 Å². The molecule has 0 aliphatic rings. The minimum Gasteiger partial charge on any atom is -0.321 e. The SMILES string of the molecule is O=C(Nc1ccc(F)c(Cl)c1)c1csc2nccn12. The number of rotatable bonds is 2. The maximum atomic E-state index is 13.0. The first-order valence-electron chi connectivity index (χ1n) is 5.32. The molecule has 0 saturated heterocycles. The molecule has 19 heavy (non-hydrogen) atoms. The van der Waals surface area contributed by atoms with Crippen LogP contribution in [0.4, 0.5) is 10.1 Å². The quantitative estimate of drug-likeness (QED) is 0.787. The molecule has 0 atom stereocenters. The number of fused-ring (bicyclic) bond motifs is 1. The molecule has 1 amide bonds. The highest BCUT2D eigenvalue weighted by atomic mass is 35.5. The van der Waals surface area contributed by atoms with Crippen LogP contribution in [-0.4, -0.2) is 15.3 Å². The van der Waals surface area contributed by atoms with E-state index in [1.54, 1.807) is 22.2 Å². The van der Waals surface area contributed by atoms with Crippen LogP contribution >= 0.6 is 22.9 Å². The van der Waals surface area contributed by atoms with Crippen molar-refractivity contribution >= 4 is 39.5 Å². The summed E-state index contributed by atoms with van der Waals surface area (Å²) in [4.78, 5) is 16.9. The van der Waals surface area contributed by atoms with Crippen LogP contribution in [0.15, 0.2) is 36.0 Å². The summed E-state index contributed by atoms with van der Waals surface area (Å²) in [5, 5.41) is 4.34. The zero-order valence-corrected chi connectivity index (χ0v) is 11.0. The fourth-order valence-electron chi connectivity index (χ4n) is 1.66. The van der Waals surface area contributed by atoms with E-state index in [2.05, 4.69) is 10.3 Å². The van der Waals surface area contributed by atoms with E-state index in [-0.39, 0.29) is 10.9 Å². The van der Waals surface area contributed by atoms with Crippen molar-refractivity contribution < 1.29 is 9.18 Å². The van der Waals surface area contributed by atoms with Gasteiger partial charge in [-0.3, -0.25) is 9.20 Å². The molecule has 0 fully saturated rings. The van der Waals surface area contributed by atoms with Crippen molar-refractivity contribution in [3.8, 4) is 0 Å². The number of halogens is 2. The Bertz CT molecular complexity index is 767. The van der Waals surface area contributed by atoms with Gasteiger partial charge in [-0.25, -0.2) is 9.37 Å². The van der Waals surface area contributed by atoms with E-state index in [9.17, 15) is 9.18 Å². The van der Waals surface area contributed by atoms with Gasteiger partial charge in [0.15, 0.2) is 4.96 Å². The van der Waals surface area contributed by atoms with Crippen molar-refractivity contribution in [2.45, 2.75) is 0 Å². The van der Waals surface area contributed by atoms with E-state index in [0.29, 0.717) is 11.4 Å². The number of thiazole rings is 1. The van der Waals surface area contributed by atoms with E-state index >= 15 is 0 Å². The number of anilines is 1. The van der Waals surface area contributed by atoms with Crippen LogP contribution in [0.1, 0.15) is 10.5 Å². The number of nitrogens with zero attached hydrogens (tertiary/aromatic N) is 2. The molecule has 3 aromatic rings. The molecule has 0 saturated carbocycles. The smallest absolute Gasteiger partial charge is 0.273 e. The molecule has 0 aliphatic heterocycles. The number of carbonyl (C=O) groups is 1. The summed E-state index contributed by atoms with van der Waals surface area (Å²) in [5.74, 6) is -0.820. The molecule has 7 heteroatoms. The maximum absolute atomic E-state index is 13.0. The lowest BCUT2D eigenvalue weighted by atomic mass is 10.3. The monoisotopic (exact) mass is 295 g/mol. The third kappa shape index (κ3) is 2.20. The molecule has 0 unspecified atom stereocenters. The van der Waals surface area contributed by atoms with Crippen molar-refractivity contribution in [2.75, 3.05) is 5.32 Å². The second-order valence-electron chi connectivity index (χ2n) is 3.78. The van der Waals surface area contributed by atoms with E-state index in [0.717, 1.165) is 4.96 Å². The number of carbonyl (C=O) groups excluding carboxylic acids is 1. The van der Waals surface area contributed by atoms with Gasteiger partial charge >= 0.3 is 0 Å². The Morgan fingerprint density at radius 2 is 2.32 bits per heavy atom. The number of aromatic nitrogens is 2. The second kappa shape index (κ2) is 4.64. The summed E-state index contributed by atoms with van der Waals surface area (Å²) in [7, 11) is 0. The van der Waals surface area contributed by atoms with Crippen molar-refractivity contribution in [3.63, 3.8) is 0 Å². The molecule has 96 valence electrons. The molecule has 1 N–H and O–H groups in total. The van der Waals surface area contributed by atoms with Crippen LogP contribution in [0.5, 0.6) is 0 Å². The Morgan fingerprint density at radius 1 is 1.47 bits per heavy atom. The van der Waals surface area contributed by atoms with Gasteiger partial charge < -0.3 is 5.32 Å². The van der Waals surface area contributed by atoms with Crippen LogP contribution in [0.25, 0.3) is 4.96 Å². The minimum atomic E-state index is -0.521. The van der Waals surface area contributed by atoms with Gasteiger partial charge in [-0.15, -0.1) is 11.3 Å². The summed E-state index contributed by atoms with van der Waals surface area (Å²) in [5.41, 5.74) is 0.911. The van der Waals surface area contributed by atoms with Gasteiger partial charge in [0.1, 0.15) is 11.5 Å². The van der Waals surface area contributed by atoms with Gasteiger partial charge in [-0.2, -0.15) is 0 Å². The largest absolute Gasteiger partial charge is 0.321 e. The fourth-order valence-corrected chi connectivity index (χ4v) is 2.67. The van der Waals surface area contributed by atoms with Gasteiger partial charge in [0.05, 0.1) is 5.02 Å². The van der Waals surface area contributed by atoms with Gasteiger partial charge in [0.2, 0.25) is 0 Å². The molecular formula is C12H7ClFN3OS. The number of benzene rings is 1. The highest BCUT2D eigenvalue weighted by Gasteiger charge is 2.13. The Kier molecular flexibility index (Phi) is 2.96. The van der Waals surface area contributed by atoms with Crippen LogP contribution in [-0.2, 0) is 0 Å². The maximum Gasteiger partial charge on any atom is 0.273 e. The molecular weight excluding hydrogens is 289 g/mol. The Balaban J connectivity index is 1.89. The first-order valence-corrected chi connectivity index (χ1v) is 6.58. The zero-order chi connectivity index (χ0) is 13.4. The first kappa shape index (κ1) is 12.1. The third-order valence-corrected chi connectivity index (χ3v) is 3.70. The third-order valence-electron chi connectivity index (χ3n) is 2.55. The van der Waals surface area contributed by atoms with Gasteiger partial charge in [0, 0.05) is 23.5 Å². The van der Waals surface area contributed by atoms with Crippen molar-refractivity contribution in [2.24, 2.45) is 0 Å². The summed E-state index contributed by atoms with van der Waals surface area (Å²) >= 11 is 7.03. The van der Waals surface area contributed by atoms with E-state index in [1.165, 1.54) is 29.5 Å². The molecule has 1 aromatic carbocycles. The van der Waals surface area contributed by atoms with Crippen LogP contribution in [0, 0.1) is 5.82 Å². The Hall–Kier alpha value is -1.92. The Morgan fingerprint density at radius 3 is 3.11 bits per heavy atom. The normalized spacial score (nSPS) is 10.8. The van der Waals surface area contributed by atoms with Gasteiger partial charge in [-0.1, -0.05) is 11.6 Å². The second-order valence-corrected chi connectivity index (χ2v) is 5.03. The van der Waals surface area contributed by atoms with Gasteiger partial charge in [-0.05, 0) is 18.2 Å². The van der Waals surface area contributed by atoms with E-state index in [4.69, 9.17) is 11.6 Å². The minimum absolute atomic E-state index is 0.0316. The fraction of sp³-hybridized carbons (Fsp3) is 0. The number of amides is 1. The summed E-state index contributed by atoms with van der Waals surface area (Å²) in [6.45, 7) is 0. The summed E-state index contributed by atoms with van der Waals surface area (Å²) < 4.78 is 14.7. The van der Waals surface area contributed by atoms with Crippen molar-refractivity contribution in [3.05, 3.63) is 52.5 Å². The number of imidazole rings is 1. The molecule has 4 nitrogen and oxygen atoms in total. The highest BCUT2D eigenvalue weighted by molar-refractivity contribution is 7.15. The van der Waals surface area contributed by atoms with Crippen molar-refractivity contribution in [1.29, 1.82) is 0 Å². The lowest BCUT2D eigenvalue weighted by molar-refractivity contribution is 0.102. The van der Waals surface area contributed by atoms with E-state index in [1.807, 2.05) is 0 Å². The van der Waals surface area contributed by atoms with Crippen LogP contribution in [0.3, 0.4) is 0 Å². The molecule has 0 aliphatic carbocycles. The standard InChI is InChI=1S/C12H7ClFN3OS/c13-8-5-7(1-2-9(8)14)16-11(18)10-6-19-12-15-3-4-17(10)12/h1-6H,(H,16,18). The molecule has 2 aromatic heterocycles. The van der Waals surface area contributed by atoms with Crippen molar-refractivity contribution in [1.82, 2.24) is 9.38 Å². The number of hydrogen-bond donors (Lipinski definition) is 1. The molecule has 2 heterocycles. The van der Waals surface area contributed by atoms with Gasteiger partial charge in [0.25, 0.3) is 5.91 Å². The summed E-state index contributed by atoms with van der Waals surface area (Å²) in [6.07, 6.45) is 3.33. The highest BCUT2D eigenvalue weighted by Crippen LogP contribution is 2.21. The predicted molar refractivity (Wildman–Crippen MR) is 72.4 cm³/mol.